The van der Waals surface area contributed by atoms with E-state index in [0.717, 1.165) is 32.2 Å². The predicted molar refractivity (Wildman–Crippen MR) is 65.4 cm³/mol. The smallest absolute Gasteiger partial charge is 0.306 e. The first-order valence-corrected chi connectivity index (χ1v) is 6.51. The number of nitrogens with one attached hydrogen (secondary N) is 1. The Hall–Kier alpha value is -1.06. The molecule has 0 aromatic rings. The van der Waals surface area contributed by atoms with Gasteiger partial charge >= 0.3 is 5.97 Å². The summed E-state index contributed by atoms with van der Waals surface area (Å²) in [5, 5.41) is 2.86. The molecule has 1 fully saturated rings. The molecular weight excluding hydrogens is 218 g/mol. The van der Waals surface area contributed by atoms with Crippen LogP contribution in [0.25, 0.3) is 0 Å². The van der Waals surface area contributed by atoms with E-state index in [1.807, 2.05) is 6.92 Å². The maximum atomic E-state index is 11.3. The third kappa shape index (κ3) is 5.71. The van der Waals surface area contributed by atoms with Crippen molar-refractivity contribution in [2.24, 2.45) is 11.8 Å². The molecule has 0 unspecified atom stereocenters. The second-order valence-corrected chi connectivity index (χ2v) is 4.83. The van der Waals surface area contributed by atoms with E-state index in [9.17, 15) is 9.59 Å². The van der Waals surface area contributed by atoms with Crippen LogP contribution >= 0.6 is 0 Å². The first-order valence-electron chi connectivity index (χ1n) is 6.51. The van der Waals surface area contributed by atoms with Gasteiger partial charge in [-0.1, -0.05) is 0 Å². The fraction of sp³-hybridized carbons (Fsp3) is 0.846. The van der Waals surface area contributed by atoms with E-state index in [1.54, 1.807) is 6.92 Å². The van der Waals surface area contributed by atoms with Gasteiger partial charge in [0.1, 0.15) is 0 Å². The summed E-state index contributed by atoms with van der Waals surface area (Å²) >= 11 is 0. The Bertz CT molecular complexity index is 257. The van der Waals surface area contributed by atoms with Gasteiger partial charge in [-0.15, -0.1) is 0 Å². The molecule has 1 N–H and O–H groups in total. The quantitative estimate of drug-likeness (QED) is 0.748. The number of hydrogen-bond donors (Lipinski definition) is 1. The van der Waals surface area contributed by atoms with Crippen molar-refractivity contribution in [1.29, 1.82) is 0 Å². The van der Waals surface area contributed by atoms with Gasteiger partial charge in [0.2, 0.25) is 5.91 Å². The molecule has 98 valence electrons. The lowest BCUT2D eigenvalue weighted by Crippen LogP contribution is -2.30. The van der Waals surface area contributed by atoms with Crippen LogP contribution in [0.2, 0.25) is 0 Å². The number of ether oxygens (including phenoxy) is 1. The van der Waals surface area contributed by atoms with Gasteiger partial charge in [-0.25, -0.2) is 0 Å². The Morgan fingerprint density at radius 1 is 1.18 bits per heavy atom. The molecule has 17 heavy (non-hydrogen) atoms. The summed E-state index contributed by atoms with van der Waals surface area (Å²) in [7, 11) is 0. The molecule has 0 heterocycles. The number of carbonyl (C=O) groups is 2. The van der Waals surface area contributed by atoms with Crippen LogP contribution in [0.15, 0.2) is 0 Å². The largest absolute Gasteiger partial charge is 0.466 e. The molecule has 1 amide bonds. The molecule has 0 radical (unpaired) electrons. The lowest BCUT2D eigenvalue weighted by atomic mass is 9.80. The maximum absolute atomic E-state index is 11.3. The summed E-state index contributed by atoms with van der Waals surface area (Å²) in [5.74, 6) is 1.02. The minimum atomic E-state index is -0.0715. The Kier molecular flexibility index (Phi) is 6.01. The highest BCUT2D eigenvalue weighted by molar-refractivity contribution is 5.72. The standard InChI is InChI=1S/C13H23NO3/c1-3-17-13(16)8-11-4-6-12(7-5-11)9-14-10(2)15/h11-12H,3-9H2,1-2H3,(H,14,15). The minimum absolute atomic E-state index is 0.0404. The first-order chi connectivity index (χ1) is 8.11. The van der Waals surface area contributed by atoms with Crippen molar-refractivity contribution >= 4 is 11.9 Å². The Morgan fingerprint density at radius 2 is 1.76 bits per heavy atom. The summed E-state index contributed by atoms with van der Waals surface area (Å²) in [5.41, 5.74) is 0. The van der Waals surface area contributed by atoms with Crippen LogP contribution in [0.5, 0.6) is 0 Å². The summed E-state index contributed by atoms with van der Waals surface area (Å²) in [6.45, 7) is 4.63. The minimum Gasteiger partial charge on any atom is -0.466 e. The average Bonchev–Trinajstić information content (AvgIpc) is 2.28. The third-order valence-electron chi connectivity index (χ3n) is 3.37. The van der Waals surface area contributed by atoms with Crippen LogP contribution in [0, 0.1) is 11.8 Å². The van der Waals surface area contributed by atoms with Crippen LogP contribution in [-0.2, 0) is 14.3 Å². The highest BCUT2D eigenvalue weighted by Crippen LogP contribution is 2.30. The first kappa shape index (κ1) is 14.0. The molecule has 0 saturated heterocycles. The van der Waals surface area contributed by atoms with Crippen LogP contribution in [-0.4, -0.2) is 25.0 Å². The SMILES string of the molecule is CCOC(=O)CC1CCC(CNC(C)=O)CC1. The lowest BCUT2D eigenvalue weighted by molar-refractivity contribution is -0.144. The van der Waals surface area contributed by atoms with E-state index in [2.05, 4.69) is 5.32 Å². The van der Waals surface area contributed by atoms with E-state index in [-0.39, 0.29) is 11.9 Å². The van der Waals surface area contributed by atoms with Gasteiger partial charge in [0.15, 0.2) is 0 Å². The highest BCUT2D eigenvalue weighted by atomic mass is 16.5. The molecule has 0 aromatic carbocycles. The second-order valence-electron chi connectivity index (χ2n) is 4.83. The molecule has 1 saturated carbocycles. The van der Waals surface area contributed by atoms with Crippen molar-refractivity contribution in [2.75, 3.05) is 13.2 Å². The van der Waals surface area contributed by atoms with E-state index in [0.29, 0.717) is 24.9 Å². The summed E-state index contributed by atoms with van der Waals surface area (Å²) < 4.78 is 4.95. The van der Waals surface area contributed by atoms with Crippen molar-refractivity contribution in [3.63, 3.8) is 0 Å². The van der Waals surface area contributed by atoms with Gasteiger partial charge in [0.05, 0.1) is 6.61 Å². The number of hydrogen-bond acceptors (Lipinski definition) is 3. The molecule has 0 atom stereocenters. The second kappa shape index (κ2) is 7.30. The monoisotopic (exact) mass is 241 g/mol. The fourth-order valence-electron chi connectivity index (χ4n) is 2.38. The molecule has 1 aliphatic carbocycles. The van der Waals surface area contributed by atoms with E-state index < -0.39 is 0 Å². The van der Waals surface area contributed by atoms with Crippen molar-refractivity contribution in [3.8, 4) is 0 Å². The molecule has 1 rings (SSSR count). The van der Waals surface area contributed by atoms with Gasteiger partial charge in [-0.3, -0.25) is 9.59 Å². The van der Waals surface area contributed by atoms with Gasteiger partial charge in [0.25, 0.3) is 0 Å². The normalized spacial score (nSPS) is 24.1. The van der Waals surface area contributed by atoms with Crippen molar-refractivity contribution in [2.45, 2.75) is 46.0 Å². The van der Waals surface area contributed by atoms with Gasteiger partial charge in [-0.05, 0) is 44.4 Å². The summed E-state index contributed by atoms with van der Waals surface area (Å²) in [6, 6.07) is 0. The molecule has 1 aliphatic rings. The third-order valence-corrected chi connectivity index (χ3v) is 3.37. The molecule has 0 aliphatic heterocycles. The highest BCUT2D eigenvalue weighted by Gasteiger charge is 2.23. The van der Waals surface area contributed by atoms with Crippen molar-refractivity contribution in [1.82, 2.24) is 5.32 Å². The topological polar surface area (TPSA) is 55.4 Å². The Labute approximate surface area is 103 Å². The van der Waals surface area contributed by atoms with E-state index in [1.165, 1.54) is 0 Å². The molecule has 4 heteroatoms. The number of rotatable bonds is 5. The van der Waals surface area contributed by atoms with Crippen molar-refractivity contribution < 1.29 is 14.3 Å². The zero-order valence-electron chi connectivity index (χ0n) is 10.8. The Balaban J connectivity index is 2.17. The zero-order chi connectivity index (χ0) is 12.7. The number of esters is 1. The molecule has 0 spiro atoms. The van der Waals surface area contributed by atoms with Crippen LogP contribution < -0.4 is 5.32 Å². The molecule has 0 bridgehead atoms. The van der Waals surface area contributed by atoms with Gasteiger partial charge < -0.3 is 10.1 Å². The number of carbonyl (C=O) groups excluding carboxylic acids is 2. The van der Waals surface area contributed by atoms with Crippen LogP contribution in [0.1, 0.15) is 46.0 Å². The molecule has 0 aromatic heterocycles. The molecule has 4 nitrogen and oxygen atoms in total. The predicted octanol–water partition coefficient (Wildman–Crippen LogP) is 1.88. The molecular formula is C13H23NO3. The fourth-order valence-corrected chi connectivity index (χ4v) is 2.38. The lowest BCUT2D eigenvalue weighted by Gasteiger charge is -2.27. The number of amides is 1. The summed E-state index contributed by atoms with van der Waals surface area (Å²) in [4.78, 5) is 22.1. The van der Waals surface area contributed by atoms with E-state index >= 15 is 0 Å². The zero-order valence-corrected chi connectivity index (χ0v) is 10.8. The maximum Gasteiger partial charge on any atom is 0.306 e. The van der Waals surface area contributed by atoms with E-state index in [4.69, 9.17) is 4.74 Å². The van der Waals surface area contributed by atoms with Crippen LogP contribution in [0.4, 0.5) is 0 Å². The van der Waals surface area contributed by atoms with Crippen molar-refractivity contribution in [3.05, 3.63) is 0 Å². The van der Waals surface area contributed by atoms with Crippen LogP contribution in [0.3, 0.4) is 0 Å². The van der Waals surface area contributed by atoms with Gasteiger partial charge in [-0.2, -0.15) is 0 Å². The Morgan fingerprint density at radius 3 is 2.29 bits per heavy atom. The average molecular weight is 241 g/mol. The summed E-state index contributed by atoms with van der Waals surface area (Å²) in [6.07, 6.45) is 4.90. The van der Waals surface area contributed by atoms with Gasteiger partial charge in [0, 0.05) is 19.9 Å².